The Morgan fingerprint density at radius 3 is 1.98 bits per heavy atom. The highest BCUT2D eigenvalue weighted by Crippen LogP contribution is 2.41. The van der Waals surface area contributed by atoms with Gasteiger partial charge in [0.05, 0.1) is 66.1 Å². The fourth-order valence-corrected chi connectivity index (χ4v) is 5.81. The van der Waals surface area contributed by atoms with E-state index in [1.54, 1.807) is 45.6 Å². The second-order valence-electron chi connectivity index (χ2n) is 11.1. The van der Waals surface area contributed by atoms with Crippen LogP contribution >= 0.6 is 0 Å². The van der Waals surface area contributed by atoms with Crippen LogP contribution in [0.3, 0.4) is 0 Å². The molecule has 1 amide bonds. The minimum atomic E-state index is -0.345. The summed E-state index contributed by atoms with van der Waals surface area (Å²) in [6.07, 6.45) is 1.76. The number of amides is 1. The summed E-state index contributed by atoms with van der Waals surface area (Å²) in [7, 11) is 9.39. The molecule has 0 unspecified atom stereocenters. The lowest BCUT2D eigenvalue weighted by atomic mass is 10.00. The lowest BCUT2D eigenvalue weighted by molar-refractivity contribution is -0.115. The Hall–Kier alpha value is -6.16. The SMILES string of the molecule is COc1ccc(-c2nc(CNC(=O)/C(=C/c3cc(OC)cc(OC)c3)c3cc(OC)c(OC)c(OC)c3)cc3c2[nH]c2ccccc23)cc1. The van der Waals surface area contributed by atoms with Crippen LogP contribution in [0.2, 0.25) is 0 Å². The minimum Gasteiger partial charge on any atom is -0.497 e. The van der Waals surface area contributed by atoms with Crippen molar-refractivity contribution in [3.05, 3.63) is 102 Å². The van der Waals surface area contributed by atoms with Gasteiger partial charge >= 0.3 is 0 Å². The number of nitrogens with zero attached hydrogens (tertiary/aromatic N) is 1. The number of hydrogen-bond donors (Lipinski definition) is 2. The molecule has 6 aromatic rings. The van der Waals surface area contributed by atoms with Crippen molar-refractivity contribution in [1.82, 2.24) is 15.3 Å². The predicted octanol–water partition coefficient (Wildman–Crippen LogP) is 7.29. The van der Waals surface area contributed by atoms with E-state index in [1.807, 2.05) is 60.7 Å². The van der Waals surface area contributed by atoms with Gasteiger partial charge in [-0.25, -0.2) is 4.98 Å². The number of aromatic amines is 1. The van der Waals surface area contributed by atoms with Crippen LogP contribution in [0.15, 0.2) is 84.9 Å². The van der Waals surface area contributed by atoms with Gasteiger partial charge in [-0.05, 0) is 77.9 Å². The average molecular weight is 660 g/mol. The molecule has 4 aromatic carbocycles. The Bertz CT molecular complexity index is 2120. The monoisotopic (exact) mass is 659 g/mol. The van der Waals surface area contributed by atoms with Gasteiger partial charge < -0.3 is 38.7 Å². The van der Waals surface area contributed by atoms with Crippen LogP contribution < -0.4 is 33.7 Å². The third-order valence-electron chi connectivity index (χ3n) is 8.25. The molecule has 0 bridgehead atoms. The summed E-state index contributed by atoms with van der Waals surface area (Å²) in [6, 6.07) is 26.8. The van der Waals surface area contributed by atoms with Gasteiger partial charge in [0.1, 0.15) is 17.2 Å². The van der Waals surface area contributed by atoms with Gasteiger partial charge in [-0.15, -0.1) is 0 Å². The molecule has 10 heteroatoms. The summed E-state index contributed by atoms with van der Waals surface area (Å²) in [5, 5.41) is 5.17. The van der Waals surface area contributed by atoms with Crippen molar-refractivity contribution in [3.8, 4) is 45.8 Å². The summed E-state index contributed by atoms with van der Waals surface area (Å²) in [5.74, 6) is 2.81. The van der Waals surface area contributed by atoms with E-state index in [4.69, 9.17) is 33.4 Å². The van der Waals surface area contributed by atoms with Crippen LogP contribution in [0.5, 0.6) is 34.5 Å². The minimum absolute atomic E-state index is 0.153. The molecule has 0 aliphatic carbocycles. The number of para-hydroxylation sites is 1. The number of ether oxygens (including phenoxy) is 6. The van der Waals surface area contributed by atoms with Crippen molar-refractivity contribution >= 4 is 39.4 Å². The fourth-order valence-electron chi connectivity index (χ4n) is 5.81. The summed E-state index contributed by atoms with van der Waals surface area (Å²) >= 11 is 0. The number of hydrogen-bond acceptors (Lipinski definition) is 8. The van der Waals surface area contributed by atoms with Crippen LogP contribution in [-0.4, -0.2) is 58.5 Å². The first-order valence-electron chi connectivity index (χ1n) is 15.5. The van der Waals surface area contributed by atoms with Crippen LogP contribution in [0, 0.1) is 0 Å². The predicted molar refractivity (Wildman–Crippen MR) is 191 cm³/mol. The zero-order valence-electron chi connectivity index (χ0n) is 28.2. The highest BCUT2D eigenvalue weighted by molar-refractivity contribution is 6.24. The van der Waals surface area contributed by atoms with Crippen molar-refractivity contribution < 1.29 is 33.2 Å². The highest BCUT2D eigenvalue weighted by atomic mass is 16.5. The van der Waals surface area contributed by atoms with Gasteiger partial charge in [-0.2, -0.15) is 0 Å². The maximum Gasteiger partial charge on any atom is 0.252 e. The van der Waals surface area contributed by atoms with Crippen molar-refractivity contribution in [2.75, 3.05) is 42.7 Å². The van der Waals surface area contributed by atoms with E-state index in [2.05, 4.69) is 16.4 Å². The van der Waals surface area contributed by atoms with Gasteiger partial charge in [0.15, 0.2) is 11.5 Å². The molecule has 0 saturated heterocycles. The zero-order valence-corrected chi connectivity index (χ0v) is 28.2. The van der Waals surface area contributed by atoms with Gasteiger partial charge in [-0.3, -0.25) is 4.79 Å². The molecular formula is C39H37N3O7. The molecule has 0 atom stereocenters. The van der Waals surface area contributed by atoms with Crippen molar-refractivity contribution in [1.29, 1.82) is 0 Å². The number of nitrogens with one attached hydrogen (secondary N) is 2. The van der Waals surface area contributed by atoms with Gasteiger partial charge in [-0.1, -0.05) is 18.2 Å². The van der Waals surface area contributed by atoms with E-state index >= 15 is 0 Å². The molecule has 0 fully saturated rings. The van der Waals surface area contributed by atoms with Gasteiger partial charge in [0, 0.05) is 33.5 Å². The van der Waals surface area contributed by atoms with Gasteiger partial charge in [0.2, 0.25) is 5.75 Å². The molecule has 2 heterocycles. The first-order valence-corrected chi connectivity index (χ1v) is 15.5. The number of carbonyl (C=O) groups is 1. The third kappa shape index (κ3) is 6.66. The maximum absolute atomic E-state index is 14.2. The van der Waals surface area contributed by atoms with Crippen LogP contribution in [0.25, 0.3) is 44.7 Å². The van der Waals surface area contributed by atoms with E-state index in [1.165, 1.54) is 21.3 Å². The number of carbonyl (C=O) groups excluding carboxylic acids is 1. The molecule has 2 aromatic heterocycles. The molecular weight excluding hydrogens is 622 g/mol. The molecule has 0 saturated carbocycles. The van der Waals surface area contributed by atoms with Crippen molar-refractivity contribution in [2.24, 2.45) is 0 Å². The van der Waals surface area contributed by atoms with E-state index in [-0.39, 0.29) is 12.5 Å². The fraction of sp³-hybridized carbons (Fsp3) is 0.179. The highest BCUT2D eigenvalue weighted by Gasteiger charge is 2.21. The Morgan fingerprint density at radius 2 is 1.37 bits per heavy atom. The smallest absolute Gasteiger partial charge is 0.252 e. The van der Waals surface area contributed by atoms with E-state index in [0.29, 0.717) is 51.1 Å². The Morgan fingerprint density at radius 1 is 0.714 bits per heavy atom. The lowest BCUT2D eigenvalue weighted by Gasteiger charge is -2.16. The third-order valence-corrected chi connectivity index (χ3v) is 8.25. The summed E-state index contributed by atoms with van der Waals surface area (Å²) in [4.78, 5) is 22.8. The first-order chi connectivity index (χ1) is 23.9. The first kappa shape index (κ1) is 32.8. The standard InChI is InChI=1S/C39H37N3O7/c1-44-27-13-11-24(12-14-27)36-37-32(30-9-7-8-10-33(30)42-37)20-26(41-36)22-40-39(43)31(17-23-15-28(45-2)21-29(16-23)46-3)25-18-34(47-4)38(49-6)35(19-25)48-5/h7-21,42H,22H2,1-6H3,(H,40,43)/b31-17+. The van der Waals surface area contributed by atoms with E-state index in [0.717, 1.165) is 38.8 Å². The molecule has 6 rings (SSSR count). The van der Waals surface area contributed by atoms with Crippen molar-refractivity contribution in [2.45, 2.75) is 6.54 Å². The van der Waals surface area contributed by atoms with E-state index in [9.17, 15) is 4.79 Å². The number of H-pyrrole nitrogens is 1. The Kier molecular flexibility index (Phi) is 9.57. The normalized spacial score (nSPS) is 11.3. The number of benzene rings is 4. The number of aromatic nitrogens is 2. The second kappa shape index (κ2) is 14.3. The van der Waals surface area contributed by atoms with E-state index < -0.39 is 0 Å². The molecule has 2 N–H and O–H groups in total. The maximum atomic E-state index is 14.2. The van der Waals surface area contributed by atoms with Crippen LogP contribution in [0.4, 0.5) is 0 Å². The zero-order chi connectivity index (χ0) is 34.5. The number of fused-ring (bicyclic) bond motifs is 3. The topological polar surface area (TPSA) is 113 Å². The molecule has 10 nitrogen and oxygen atoms in total. The summed E-state index contributed by atoms with van der Waals surface area (Å²) in [6.45, 7) is 0.153. The quantitative estimate of drug-likeness (QED) is 0.104. The molecule has 0 aliphatic heterocycles. The molecule has 0 aliphatic rings. The Balaban J connectivity index is 1.43. The number of rotatable bonds is 12. The van der Waals surface area contributed by atoms with Crippen LogP contribution in [0.1, 0.15) is 16.8 Å². The van der Waals surface area contributed by atoms with Gasteiger partial charge in [0.25, 0.3) is 5.91 Å². The van der Waals surface area contributed by atoms with Crippen molar-refractivity contribution in [3.63, 3.8) is 0 Å². The summed E-state index contributed by atoms with van der Waals surface area (Å²) in [5.41, 5.74) is 5.85. The molecule has 250 valence electrons. The van der Waals surface area contributed by atoms with Crippen LogP contribution in [-0.2, 0) is 11.3 Å². The Labute approximate surface area is 284 Å². The largest absolute Gasteiger partial charge is 0.497 e. The lowest BCUT2D eigenvalue weighted by Crippen LogP contribution is -2.24. The second-order valence-corrected chi connectivity index (χ2v) is 11.1. The molecule has 0 spiro atoms. The number of methoxy groups -OCH3 is 6. The summed E-state index contributed by atoms with van der Waals surface area (Å²) < 4.78 is 33.1. The molecule has 0 radical (unpaired) electrons. The average Bonchev–Trinajstić information content (AvgIpc) is 3.53. The number of pyridine rings is 1. The molecule has 49 heavy (non-hydrogen) atoms.